The third kappa shape index (κ3) is 6.29. The number of para-hydroxylation sites is 3. The molecule has 0 aliphatic rings. The molecule has 0 fully saturated rings. The van der Waals surface area contributed by atoms with Crippen LogP contribution in [0, 0.1) is 13.8 Å². The number of amides is 2. The molecular formula is C29H31N3O3S. The maximum atomic E-state index is 12.7. The van der Waals surface area contributed by atoms with Crippen molar-refractivity contribution < 1.29 is 14.3 Å². The lowest BCUT2D eigenvalue weighted by Crippen LogP contribution is -2.27. The molecule has 0 saturated heterocycles. The number of thioether (sulfide) groups is 1. The summed E-state index contributed by atoms with van der Waals surface area (Å²) >= 11 is 1.50. The number of aromatic nitrogens is 1. The van der Waals surface area contributed by atoms with Gasteiger partial charge in [0.15, 0.2) is 0 Å². The molecule has 2 N–H and O–H groups in total. The summed E-state index contributed by atoms with van der Waals surface area (Å²) < 4.78 is 7.73. The summed E-state index contributed by atoms with van der Waals surface area (Å²) in [6.07, 6.45) is 2.06. The van der Waals surface area contributed by atoms with E-state index in [2.05, 4.69) is 39.6 Å². The SMILES string of the molecule is CCOc1ccccc1NC(=O)CSc1cn(CCNC(=O)c2cc(C)cc(C)c2)c2ccccc12. The van der Waals surface area contributed by atoms with Crippen molar-refractivity contribution in [1.29, 1.82) is 0 Å². The molecule has 0 spiro atoms. The van der Waals surface area contributed by atoms with Crippen LogP contribution in [0.2, 0.25) is 0 Å². The first-order chi connectivity index (χ1) is 17.4. The highest BCUT2D eigenvalue weighted by Crippen LogP contribution is 2.30. The van der Waals surface area contributed by atoms with Crippen molar-refractivity contribution in [3.8, 4) is 5.75 Å². The van der Waals surface area contributed by atoms with Crippen LogP contribution < -0.4 is 15.4 Å². The van der Waals surface area contributed by atoms with Crippen LogP contribution in [-0.2, 0) is 11.3 Å². The second kappa shape index (κ2) is 11.8. The molecule has 1 heterocycles. The van der Waals surface area contributed by atoms with E-state index in [1.807, 2.05) is 69.3 Å². The van der Waals surface area contributed by atoms with Crippen LogP contribution in [-0.4, -0.2) is 35.3 Å². The minimum absolute atomic E-state index is 0.0723. The number of nitrogens with zero attached hydrogens (tertiary/aromatic N) is 1. The van der Waals surface area contributed by atoms with Crippen LogP contribution in [0.4, 0.5) is 5.69 Å². The summed E-state index contributed by atoms with van der Waals surface area (Å²) in [6.45, 7) is 7.57. The Balaban J connectivity index is 1.39. The standard InChI is InChI=1S/C29H31N3O3S/c1-4-35-26-12-8-6-10-24(26)31-28(33)19-36-27-18-32(25-11-7-5-9-23(25)27)14-13-30-29(34)22-16-20(2)15-21(3)17-22/h5-12,15-18H,4,13-14,19H2,1-3H3,(H,30,34)(H,31,33). The van der Waals surface area contributed by atoms with Gasteiger partial charge in [-0.2, -0.15) is 0 Å². The third-order valence-corrected chi connectivity index (χ3v) is 6.74. The van der Waals surface area contributed by atoms with Crippen molar-refractivity contribution in [2.45, 2.75) is 32.2 Å². The van der Waals surface area contributed by atoms with Crippen molar-refractivity contribution in [3.63, 3.8) is 0 Å². The molecule has 36 heavy (non-hydrogen) atoms. The van der Waals surface area contributed by atoms with Crippen molar-refractivity contribution in [2.75, 3.05) is 24.2 Å². The predicted octanol–water partition coefficient (Wildman–Crippen LogP) is 5.82. The van der Waals surface area contributed by atoms with Crippen LogP contribution in [0.15, 0.2) is 77.8 Å². The Labute approximate surface area is 216 Å². The molecule has 4 rings (SSSR count). The highest BCUT2D eigenvalue weighted by Gasteiger charge is 2.13. The van der Waals surface area contributed by atoms with E-state index in [4.69, 9.17) is 4.74 Å². The molecule has 3 aromatic carbocycles. The zero-order valence-electron chi connectivity index (χ0n) is 20.8. The number of hydrogen-bond donors (Lipinski definition) is 2. The van der Waals surface area contributed by atoms with E-state index in [9.17, 15) is 9.59 Å². The number of rotatable bonds is 10. The first kappa shape index (κ1) is 25.4. The number of aryl methyl sites for hydroxylation is 2. The van der Waals surface area contributed by atoms with Crippen molar-refractivity contribution in [3.05, 3.63) is 89.6 Å². The Kier molecular flexibility index (Phi) is 8.33. The fourth-order valence-corrected chi connectivity index (χ4v) is 5.08. The first-order valence-corrected chi connectivity index (χ1v) is 13.0. The molecule has 1 aromatic heterocycles. The van der Waals surface area contributed by atoms with E-state index >= 15 is 0 Å². The summed E-state index contributed by atoms with van der Waals surface area (Å²) in [4.78, 5) is 26.3. The van der Waals surface area contributed by atoms with Gasteiger partial charge in [-0.15, -0.1) is 11.8 Å². The maximum Gasteiger partial charge on any atom is 0.251 e. The summed E-state index contributed by atoms with van der Waals surface area (Å²) in [5, 5.41) is 7.07. The van der Waals surface area contributed by atoms with Gasteiger partial charge in [0.2, 0.25) is 5.91 Å². The molecule has 0 aliphatic heterocycles. The maximum absolute atomic E-state index is 12.7. The smallest absolute Gasteiger partial charge is 0.251 e. The lowest BCUT2D eigenvalue weighted by molar-refractivity contribution is -0.113. The Morgan fingerprint density at radius 3 is 2.47 bits per heavy atom. The van der Waals surface area contributed by atoms with Gasteiger partial charge in [0.25, 0.3) is 5.91 Å². The van der Waals surface area contributed by atoms with E-state index in [1.54, 1.807) is 0 Å². The number of benzene rings is 3. The number of hydrogen-bond acceptors (Lipinski definition) is 4. The molecular weight excluding hydrogens is 470 g/mol. The summed E-state index contributed by atoms with van der Waals surface area (Å²) in [5.74, 6) is 0.775. The molecule has 0 aliphatic carbocycles. The second-order valence-corrected chi connectivity index (χ2v) is 9.62. The largest absolute Gasteiger partial charge is 0.492 e. The van der Waals surface area contributed by atoms with Crippen LogP contribution >= 0.6 is 11.8 Å². The van der Waals surface area contributed by atoms with Gasteiger partial charge in [0.05, 0.1) is 18.0 Å². The second-order valence-electron chi connectivity index (χ2n) is 8.60. The minimum Gasteiger partial charge on any atom is -0.492 e. The zero-order chi connectivity index (χ0) is 25.5. The molecule has 4 aromatic rings. The van der Waals surface area contributed by atoms with Gasteiger partial charge in [0.1, 0.15) is 5.75 Å². The Morgan fingerprint density at radius 2 is 1.69 bits per heavy atom. The number of fused-ring (bicyclic) bond motifs is 1. The van der Waals surface area contributed by atoms with E-state index in [0.29, 0.717) is 36.7 Å². The van der Waals surface area contributed by atoms with Gasteiger partial charge in [-0.3, -0.25) is 9.59 Å². The average molecular weight is 502 g/mol. The van der Waals surface area contributed by atoms with Gasteiger partial charge >= 0.3 is 0 Å². The molecule has 0 atom stereocenters. The Hall–Kier alpha value is -3.71. The lowest BCUT2D eigenvalue weighted by atomic mass is 10.1. The molecule has 0 unspecified atom stereocenters. The first-order valence-electron chi connectivity index (χ1n) is 12.0. The number of carbonyl (C=O) groups excluding carboxylic acids is 2. The average Bonchev–Trinajstić information content (AvgIpc) is 3.21. The van der Waals surface area contributed by atoms with Gasteiger partial charge in [-0.25, -0.2) is 0 Å². The molecule has 0 bridgehead atoms. The number of ether oxygens (including phenoxy) is 1. The van der Waals surface area contributed by atoms with Gasteiger partial charge in [0, 0.05) is 40.6 Å². The third-order valence-electron chi connectivity index (χ3n) is 5.69. The van der Waals surface area contributed by atoms with Gasteiger partial charge in [-0.1, -0.05) is 47.5 Å². The van der Waals surface area contributed by atoms with E-state index in [1.165, 1.54) is 11.8 Å². The van der Waals surface area contributed by atoms with Crippen LogP contribution in [0.1, 0.15) is 28.4 Å². The quantitative estimate of drug-likeness (QED) is 0.269. The molecule has 0 saturated carbocycles. The molecule has 0 radical (unpaired) electrons. The fourth-order valence-electron chi connectivity index (χ4n) is 4.19. The fraction of sp³-hybridized carbons (Fsp3) is 0.241. The highest BCUT2D eigenvalue weighted by atomic mass is 32.2. The zero-order valence-corrected chi connectivity index (χ0v) is 21.7. The lowest BCUT2D eigenvalue weighted by Gasteiger charge is -2.11. The predicted molar refractivity (Wildman–Crippen MR) is 147 cm³/mol. The topological polar surface area (TPSA) is 72.4 Å². The number of carbonyl (C=O) groups is 2. The van der Waals surface area contributed by atoms with Gasteiger partial charge in [-0.05, 0) is 51.1 Å². The Morgan fingerprint density at radius 1 is 0.972 bits per heavy atom. The van der Waals surface area contributed by atoms with E-state index in [0.717, 1.165) is 26.9 Å². The van der Waals surface area contributed by atoms with Crippen LogP contribution in [0.25, 0.3) is 10.9 Å². The van der Waals surface area contributed by atoms with E-state index in [-0.39, 0.29) is 17.6 Å². The van der Waals surface area contributed by atoms with E-state index < -0.39 is 0 Å². The van der Waals surface area contributed by atoms with Crippen LogP contribution in [0.5, 0.6) is 5.75 Å². The van der Waals surface area contributed by atoms with Crippen molar-refractivity contribution in [2.24, 2.45) is 0 Å². The van der Waals surface area contributed by atoms with Gasteiger partial charge < -0.3 is 19.9 Å². The van der Waals surface area contributed by atoms with Crippen molar-refractivity contribution >= 4 is 40.2 Å². The molecule has 7 heteroatoms. The molecule has 186 valence electrons. The molecule has 2 amide bonds. The number of anilines is 1. The summed E-state index contributed by atoms with van der Waals surface area (Å²) in [6, 6.07) is 21.4. The summed E-state index contributed by atoms with van der Waals surface area (Å²) in [7, 11) is 0. The monoisotopic (exact) mass is 501 g/mol. The minimum atomic E-state index is -0.0929. The van der Waals surface area contributed by atoms with Crippen molar-refractivity contribution in [1.82, 2.24) is 9.88 Å². The number of nitrogens with one attached hydrogen (secondary N) is 2. The highest BCUT2D eigenvalue weighted by molar-refractivity contribution is 8.00. The summed E-state index contributed by atoms with van der Waals surface area (Å²) in [5.41, 5.74) is 4.57. The Bertz CT molecular complexity index is 1360. The molecule has 6 nitrogen and oxygen atoms in total. The normalized spacial score (nSPS) is 10.9. The van der Waals surface area contributed by atoms with Crippen LogP contribution in [0.3, 0.4) is 0 Å².